The third kappa shape index (κ3) is 4.62. The first kappa shape index (κ1) is 24.0. The van der Waals surface area contributed by atoms with Crippen LogP contribution in [0.5, 0.6) is 28.7 Å². The van der Waals surface area contributed by atoms with Crippen LogP contribution in [0.1, 0.15) is 33.4 Å². The van der Waals surface area contributed by atoms with Crippen molar-refractivity contribution >= 4 is 17.1 Å². The van der Waals surface area contributed by atoms with Gasteiger partial charge in [-0.3, -0.25) is 0 Å². The average Bonchev–Trinajstić information content (AvgIpc) is 2.81. The molecule has 0 atom stereocenters. The molecule has 0 aliphatic carbocycles. The van der Waals surface area contributed by atoms with Crippen molar-refractivity contribution in [2.45, 2.75) is 41.5 Å². The molecule has 4 aromatic carbocycles. The Kier molecular flexibility index (Phi) is 6.35. The van der Waals surface area contributed by atoms with Crippen LogP contribution in [0, 0.1) is 41.5 Å². The molecule has 0 fully saturated rings. The van der Waals surface area contributed by atoms with Crippen LogP contribution in [0.25, 0.3) is 0 Å². The largest absolute Gasteiger partial charge is 0.508 e. The summed E-state index contributed by atoms with van der Waals surface area (Å²) in [5, 5.41) is 31.5. The average molecular weight is 470 g/mol. The van der Waals surface area contributed by atoms with E-state index in [4.69, 9.17) is 4.74 Å². The first-order valence-electron chi connectivity index (χ1n) is 11.5. The van der Waals surface area contributed by atoms with E-state index in [-0.39, 0.29) is 17.2 Å². The number of nitrogens with zero attached hydrogens (tertiary/aromatic N) is 1. The molecule has 35 heavy (non-hydrogen) atoms. The Morgan fingerprint density at radius 1 is 0.543 bits per heavy atom. The highest BCUT2D eigenvalue weighted by molar-refractivity contribution is 5.82. The Hall–Kier alpha value is -4.12. The van der Waals surface area contributed by atoms with E-state index in [2.05, 4.69) is 0 Å². The number of benzene rings is 4. The van der Waals surface area contributed by atoms with Gasteiger partial charge < -0.3 is 25.0 Å². The lowest BCUT2D eigenvalue weighted by Gasteiger charge is -2.29. The molecule has 0 amide bonds. The van der Waals surface area contributed by atoms with Crippen molar-refractivity contribution in [2.75, 3.05) is 4.90 Å². The molecule has 0 aromatic heterocycles. The number of anilines is 3. The second kappa shape index (κ2) is 9.26. The maximum Gasteiger partial charge on any atom is 0.172 e. The number of aryl methyl sites for hydroxylation is 6. The first-order chi connectivity index (χ1) is 16.6. The summed E-state index contributed by atoms with van der Waals surface area (Å²) in [5.74, 6) is 1.56. The normalized spacial score (nSPS) is 10.9. The summed E-state index contributed by atoms with van der Waals surface area (Å²) in [4.78, 5) is 2.02. The summed E-state index contributed by atoms with van der Waals surface area (Å²) in [6, 6.07) is 18.7. The van der Waals surface area contributed by atoms with Crippen LogP contribution >= 0.6 is 0 Å². The van der Waals surface area contributed by atoms with E-state index in [1.165, 1.54) is 0 Å². The molecule has 0 bridgehead atoms. The number of rotatable bonds is 5. The van der Waals surface area contributed by atoms with E-state index in [9.17, 15) is 15.3 Å². The van der Waals surface area contributed by atoms with E-state index in [0.717, 1.165) is 50.4 Å². The molecule has 3 N–H and O–H groups in total. The molecule has 4 rings (SSSR count). The molecule has 0 radical (unpaired) electrons. The summed E-state index contributed by atoms with van der Waals surface area (Å²) in [6.45, 7) is 11.5. The van der Waals surface area contributed by atoms with Gasteiger partial charge in [0.05, 0.1) is 11.4 Å². The molecule has 0 spiro atoms. The molecule has 5 heteroatoms. The lowest BCUT2D eigenvalue weighted by atomic mass is 10.0. The topological polar surface area (TPSA) is 73.2 Å². The molecule has 5 nitrogen and oxygen atoms in total. The van der Waals surface area contributed by atoms with Crippen molar-refractivity contribution in [3.8, 4) is 28.7 Å². The van der Waals surface area contributed by atoms with Gasteiger partial charge in [-0.15, -0.1) is 0 Å². The summed E-state index contributed by atoms with van der Waals surface area (Å²) in [7, 11) is 0. The van der Waals surface area contributed by atoms with Gasteiger partial charge in [-0.05, 0) is 99.2 Å². The predicted molar refractivity (Wildman–Crippen MR) is 141 cm³/mol. The number of phenols is 3. The molecule has 0 aliphatic heterocycles. The van der Waals surface area contributed by atoms with Gasteiger partial charge in [0.25, 0.3) is 0 Å². The Morgan fingerprint density at radius 3 is 1.54 bits per heavy atom. The molecule has 0 saturated heterocycles. The first-order valence-corrected chi connectivity index (χ1v) is 11.5. The summed E-state index contributed by atoms with van der Waals surface area (Å²) in [5.41, 5.74) is 7.60. The molecule has 0 heterocycles. The van der Waals surface area contributed by atoms with Gasteiger partial charge in [0.15, 0.2) is 11.5 Å². The van der Waals surface area contributed by atoms with Crippen LogP contribution in [0.3, 0.4) is 0 Å². The summed E-state index contributed by atoms with van der Waals surface area (Å²) < 4.78 is 6.04. The molecular weight excluding hydrogens is 438 g/mol. The van der Waals surface area contributed by atoms with Gasteiger partial charge in [-0.1, -0.05) is 24.3 Å². The van der Waals surface area contributed by atoms with E-state index in [1.54, 1.807) is 12.1 Å². The maximum atomic E-state index is 10.5. The van der Waals surface area contributed by atoms with Crippen molar-refractivity contribution < 1.29 is 20.1 Å². The van der Waals surface area contributed by atoms with Crippen LogP contribution in [0.4, 0.5) is 17.1 Å². The number of ether oxygens (including phenoxy) is 1. The smallest absolute Gasteiger partial charge is 0.172 e. The highest BCUT2D eigenvalue weighted by atomic mass is 16.5. The van der Waals surface area contributed by atoms with Gasteiger partial charge in [0.2, 0.25) is 0 Å². The van der Waals surface area contributed by atoms with Crippen LogP contribution in [0.15, 0.2) is 60.7 Å². The van der Waals surface area contributed by atoms with E-state index in [1.807, 2.05) is 95.0 Å². The van der Waals surface area contributed by atoms with Crippen molar-refractivity contribution in [3.05, 3.63) is 94.0 Å². The second-order valence-electron chi connectivity index (χ2n) is 9.16. The zero-order chi connectivity index (χ0) is 25.4. The SMILES string of the molecule is Cc1cc(C)c(N(c2ccc(Oc3c(C)ccc(C)c3O)cc2)c2cc(O)c(C)cc2C)cc1O. The third-order valence-electron chi connectivity index (χ3n) is 6.36. The van der Waals surface area contributed by atoms with Gasteiger partial charge in [0.1, 0.15) is 17.2 Å². The number of phenolic OH excluding ortho intramolecular Hbond substituents is 3. The molecule has 180 valence electrons. The fourth-order valence-electron chi connectivity index (χ4n) is 4.23. The van der Waals surface area contributed by atoms with Crippen LogP contribution in [0.2, 0.25) is 0 Å². The molecule has 4 aromatic rings. The van der Waals surface area contributed by atoms with Gasteiger partial charge in [-0.2, -0.15) is 0 Å². The van der Waals surface area contributed by atoms with Crippen LogP contribution < -0.4 is 9.64 Å². The zero-order valence-corrected chi connectivity index (χ0v) is 21.0. The Balaban J connectivity index is 1.82. The van der Waals surface area contributed by atoms with Crippen LogP contribution in [-0.2, 0) is 0 Å². The van der Waals surface area contributed by atoms with Gasteiger partial charge >= 0.3 is 0 Å². The maximum absolute atomic E-state index is 10.5. The van der Waals surface area contributed by atoms with Crippen molar-refractivity contribution in [3.63, 3.8) is 0 Å². The Labute approximate surface area is 206 Å². The standard InChI is InChI=1S/C30H31NO4/c1-17-7-8-18(2)30(29(17)34)35-24-11-9-23(10-12-24)31(25-15-27(32)21(5)13-19(25)3)26-16-28(33)22(6)14-20(26)4/h7-16,32-34H,1-6H3. The van der Waals surface area contributed by atoms with Gasteiger partial charge in [-0.25, -0.2) is 0 Å². The second-order valence-corrected chi connectivity index (χ2v) is 9.16. The lowest BCUT2D eigenvalue weighted by molar-refractivity contribution is 0.406. The minimum Gasteiger partial charge on any atom is -0.508 e. The highest BCUT2D eigenvalue weighted by Crippen LogP contribution is 2.43. The van der Waals surface area contributed by atoms with E-state index in [0.29, 0.717) is 11.5 Å². The minimum atomic E-state index is 0.132. The Morgan fingerprint density at radius 2 is 1.03 bits per heavy atom. The van der Waals surface area contributed by atoms with E-state index >= 15 is 0 Å². The minimum absolute atomic E-state index is 0.132. The molecular formula is C30H31NO4. The molecule has 0 saturated carbocycles. The summed E-state index contributed by atoms with van der Waals surface area (Å²) >= 11 is 0. The van der Waals surface area contributed by atoms with Crippen LogP contribution in [-0.4, -0.2) is 15.3 Å². The monoisotopic (exact) mass is 469 g/mol. The lowest BCUT2D eigenvalue weighted by Crippen LogP contribution is -2.13. The fourth-order valence-corrected chi connectivity index (χ4v) is 4.23. The number of hydrogen-bond donors (Lipinski definition) is 3. The van der Waals surface area contributed by atoms with Crippen molar-refractivity contribution in [2.24, 2.45) is 0 Å². The molecule has 0 unspecified atom stereocenters. The zero-order valence-electron chi connectivity index (χ0n) is 21.0. The van der Waals surface area contributed by atoms with Crippen molar-refractivity contribution in [1.82, 2.24) is 0 Å². The molecule has 0 aliphatic rings. The van der Waals surface area contributed by atoms with Gasteiger partial charge in [0, 0.05) is 17.8 Å². The van der Waals surface area contributed by atoms with Crippen molar-refractivity contribution in [1.29, 1.82) is 0 Å². The highest BCUT2D eigenvalue weighted by Gasteiger charge is 2.20. The number of hydrogen-bond acceptors (Lipinski definition) is 5. The predicted octanol–water partition coefficient (Wildman–Crippen LogP) is 7.92. The fraction of sp³-hybridized carbons (Fsp3) is 0.200. The Bertz CT molecular complexity index is 1350. The van der Waals surface area contributed by atoms with E-state index < -0.39 is 0 Å². The third-order valence-corrected chi connectivity index (χ3v) is 6.36. The quantitative estimate of drug-likeness (QED) is 0.277. The number of aromatic hydroxyl groups is 3. The summed E-state index contributed by atoms with van der Waals surface area (Å²) in [6.07, 6.45) is 0.